The fourth-order valence-corrected chi connectivity index (χ4v) is 1.78. The highest BCUT2D eigenvalue weighted by molar-refractivity contribution is 5.71. The number of rotatable bonds is 2. The van der Waals surface area contributed by atoms with E-state index in [2.05, 4.69) is 24.2 Å². The van der Waals surface area contributed by atoms with E-state index in [1.165, 1.54) is 15.8 Å². The van der Waals surface area contributed by atoms with E-state index < -0.39 is 0 Å². The number of esters is 1. The molecule has 20 heavy (non-hydrogen) atoms. The van der Waals surface area contributed by atoms with Gasteiger partial charge in [-0.3, -0.25) is 4.79 Å². The van der Waals surface area contributed by atoms with Crippen LogP contribution in [0.25, 0.3) is 0 Å². The summed E-state index contributed by atoms with van der Waals surface area (Å²) in [5.41, 5.74) is 2.53. The molecule has 5 nitrogen and oxygen atoms in total. The van der Waals surface area contributed by atoms with Crippen molar-refractivity contribution in [1.82, 2.24) is 9.78 Å². The minimum Gasteiger partial charge on any atom is -0.489 e. The zero-order chi connectivity index (χ0) is 14.5. The lowest BCUT2D eigenvalue weighted by Crippen LogP contribution is -2.08. The molecule has 0 radical (unpaired) electrons. The molecule has 0 saturated heterocycles. The van der Waals surface area contributed by atoms with Gasteiger partial charge in [0.2, 0.25) is 5.88 Å². The molecular formula is C15H18N2O3. The van der Waals surface area contributed by atoms with Crippen molar-refractivity contribution in [3.8, 4) is 11.6 Å². The van der Waals surface area contributed by atoms with Gasteiger partial charge in [-0.2, -0.15) is 5.10 Å². The van der Waals surface area contributed by atoms with Gasteiger partial charge in [-0.15, -0.1) is 0 Å². The maximum absolute atomic E-state index is 10.8. The van der Waals surface area contributed by atoms with Gasteiger partial charge in [0.1, 0.15) is 12.4 Å². The zero-order valence-electron chi connectivity index (χ0n) is 11.9. The van der Waals surface area contributed by atoms with E-state index in [9.17, 15) is 4.79 Å². The molecule has 0 spiro atoms. The van der Waals surface area contributed by atoms with Crippen LogP contribution in [0.2, 0.25) is 0 Å². The molecule has 0 atom stereocenters. The number of aromatic nitrogens is 2. The molecular weight excluding hydrogens is 256 g/mol. The van der Waals surface area contributed by atoms with Crippen molar-refractivity contribution >= 4 is 5.97 Å². The summed E-state index contributed by atoms with van der Waals surface area (Å²) in [6.45, 7) is 4.58. The standard InChI is InChI=1S/C8H8O.C7H10N2O2/c1-6-4-7-2-3-8(6)9-5-7;1-3-7(10)11-6-4-5-8-9(6)2/h2-4H,5H2,1H3;4-5H,3H2,1-2H3. The van der Waals surface area contributed by atoms with Gasteiger partial charge in [0.15, 0.2) is 0 Å². The second-order valence-electron chi connectivity index (χ2n) is 4.51. The van der Waals surface area contributed by atoms with E-state index >= 15 is 0 Å². The molecule has 0 saturated carbocycles. The molecule has 1 aromatic heterocycles. The van der Waals surface area contributed by atoms with Crippen molar-refractivity contribution < 1.29 is 14.3 Å². The van der Waals surface area contributed by atoms with E-state index in [-0.39, 0.29) is 5.97 Å². The molecule has 3 heterocycles. The molecule has 0 N–H and O–H groups in total. The molecule has 0 aliphatic carbocycles. The van der Waals surface area contributed by atoms with E-state index in [4.69, 9.17) is 9.47 Å². The van der Waals surface area contributed by atoms with E-state index in [1.54, 1.807) is 26.2 Å². The Morgan fingerprint density at radius 1 is 1.45 bits per heavy atom. The van der Waals surface area contributed by atoms with Gasteiger partial charge in [0.05, 0.1) is 6.20 Å². The molecule has 4 rings (SSSR count). The van der Waals surface area contributed by atoms with Crippen LogP contribution in [0.15, 0.2) is 30.5 Å². The minimum absolute atomic E-state index is 0.242. The summed E-state index contributed by atoms with van der Waals surface area (Å²) in [5.74, 6) is 1.27. The Bertz CT molecular complexity index is 605. The van der Waals surface area contributed by atoms with Crippen molar-refractivity contribution in [2.24, 2.45) is 7.05 Å². The van der Waals surface area contributed by atoms with Gasteiger partial charge in [-0.05, 0) is 30.2 Å². The fourth-order valence-electron chi connectivity index (χ4n) is 1.78. The van der Waals surface area contributed by atoms with Crippen LogP contribution in [0.4, 0.5) is 0 Å². The number of aryl methyl sites for hydroxylation is 2. The van der Waals surface area contributed by atoms with Gasteiger partial charge in [0.25, 0.3) is 0 Å². The zero-order valence-corrected chi connectivity index (χ0v) is 11.9. The van der Waals surface area contributed by atoms with Gasteiger partial charge >= 0.3 is 5.97 Å². The predicted octanol–water partition coefficient (Wildman–Crippen LogP) is 2.62. The lowest BCUT2D eigenvalue weighted by Gasteiger charge is -2.16. The first-order valence-corrected chi connectivity index (χ1v) is 6.51. The van der Waals surface area contributed by atoms with Crippen LogP contribution in [-0.4, -0.2) is 15.7 Å². The number of benzene rings is 1. The Morgan fingerprint density at radius 2 is 2.25 bits per heavy atom. The summed E-state index contributed by atoms with van der Waals surface area (Å²) in [7, 11) is 1.72. The summed E-state index contributed by atoms with van der Waals surface area (Å²) < 4.78 is 11.7. The monoisotopic (exact) mass is 274 g/mol. The SMILES string of the molecule is CCC(=O)Oc1ccnn1C.Cc1cc2ccc1OC2. The Hall–Kier alpha value is -2.30. The van der Waals surface area contributed by atoms with Crippen molar-refractivity contribution in [1.29, 1.82) is 0 Å². The maximum atomic E-state index is 10.8. The van der Waals surface area contributed by atoms with Crippen LogP contribution in [0.5, 0.6) is 11.6 Å². The molecule has 2 aliphatic rings. The number of hydrogen-bond acceptors (Lipinski definition) is 4. The first kappa shape index (κ1) is 14.1. The first-order chi connectivity index (χ1) is 9.60. The average Bonchev–Trinajstić information content (AvgIpc) is 2.86. The summed E-state index contributed by atoms with van der Waals surface area (Å²) in [6.07, 6.45) is 1.96. The molecule has 106 valence electrons. The van der Waals surface area contributed by atoms with Crippen LogP contribution in [0.1, 0.15) is 24.5 Å². The molecule has 0 unspecified atom stereocenters. The number of hydrogen-bond donors (Lipinski definition) is 0. The number of nitrogens with zero attached hydrogens (tertiary/aromatic N) is 2. The van der Waals surface area contributed by atoms with Gasteiger partial charge < -0.3 is 9.47 Å². The first-order valence-electron chi connectivity index (χ1n) is 6.51. The third kappa shape index (κ3) is 3.38. The molecule has 2 aliphatic heterocycles. The fraction of sp³-hybridized carbons (Fsp3) is 0.333. The summed E-state index contributed by atoms with van der Waals surface area (Å²) in [4.78, 5) is 10.8. The second kappa shape index (κ2) is 6.23. The van der Waals surface area contributed by atoms with Crippen LogP contribution >= 0.6 is 0 Å². The minimum atomic E-state index is -0.242. The molecule has 5 heteroatoms. The highest BCUT2D eigenvalue weighted by atomic mass is 16.5. The molecule has 1 aromatic carbocycles. The Labute approximate surface area is 118 Å². The summed E-state index contributed by atoms with van der Waals surface area (Å²) >= 11 is 0. The summed E-state index contributed by atoms with van der Waals surface area (Å²) in [5, 5.41) is 3.84. The number of fused-ring (bicyclic) bond motifs is 3. The highest BCUT2D eigenvalue weighted by Gasteiger charge is 2.07. The lowest BCUT2D eigenvalue weighted by molar-refractivity contribution is -0.134. The molecule has 2 aromatic rings. The lowest BCUT2D eigenvalue weighted by atomic mass is 10.1. The second-order valence-corrected chi connectivity index (χ2v) is 4.51. The van der Waals surface area contributed by atoms with Crippen molar-refractivity contribution in [3.05, 3.63) is 41.6 Å². The van der Waals surface area contributed by atoms with Crippen molar-refractivity contribution in [2.75, 3.05) is 0 Å². The number of carbonyl (C=O) groups excluding carboxylic acids is 1. The number of carbonyl (C=O) groups is 1. The Kier molecular flexibility index (Phi) is 4.40. The third-order valence-corrected chi connectivity index (χ3v) is 2.92. The smallest absolute Gasteiger partial charge is 0.312 e. The largest absolute Gasteiger partial charge is 0.489 e. The molecule has 0 amide bonds. The maximum Gasteiger partial charge on any atom is 0.312 e. The Morgan fingerprint density at radius 3 is 2.60 bits per heavy atom. The highest BCUT2D eigenvalue weighted by Crippen LogP contribution is 2.25. The third-order valence-electron chi connectivity index (χ3n) is 2.92. The van der Waals surface area contributed by atoms with Crippen LogP contribution in [0, 0.1) is 6.92 Å². The van der Waals surface area contributed by atoms with Crippen LogP contribution < -0.4 is 9.47 Å². The topological polar surface area (TPSA) is 53.3 Å². The van der Waals surface area contributed by atoms with Gasteiger partial charge in [-0.1, -0.05) is 13.0 Å². The van der Waals surface area contributed by atoms with Crippen LogP contribution in [0.3, 0.4) is 0 Å². The number of ether oxygens (including phenoxy) is 2. The average molecular weight is 274 g/mol. The van der Waals surface area contributed by atoms with Crippen LogP contribution in [-0.2, 0) is 18.4 Å². The van der Waals surface area contributed by atoms with Crippen molar-refractivity contribution in [3.63, 3.8) is 0 Å². The normalized spacial score (nSPS) is 11.3. The quantitative estimate of drug-likeness (QED) is 0.790. The molecule has 2 bridgehead atoms. The van der Waals surface area contributed by atoms with Gasteiger partial charge in [-0.25, -0.2) is 4.68 Å². The van der Waals surface area contributed by atoms with E-state index in [0.717, 1.165) is 12.4 Å². The Balaban J connectivity index is 0.000000149. The van der Waals surface area contributed by atoms with E-state index in [0.29, 0.717) is 12.3 Å². The predicted molar refractivity (Wildman–Crippen MR) is 74.6 cm³/mol. The van der Waals surface area contributed by atoms with Crippen molar-refractivity contribution in [2.45, 2.75) is 26.9 Å². The summed E-state index contributed by atoms with van der Waals surface area (Å²) in [6, 6.07) is 7.94. The van der Waals surface area contributed by atoms with E-state index in [1.807, 2.05) is 6.07 Å². The molecule has 0 fully saturated rings. The van der Waals surface area contributed by atoms with Gasteiger partial charge in [0, 0.05) is 19.5 Å².